The fourth-order valence-corrected chi connectivity index (χ4v) is 8.54. The first-order valence-corrected chi connectivity index (χ1v) is 12.3. The Morgan fingerprint density at radius 3 is 2.70 bits per heavy atom. The van der Waals surface area contributed by atoms with Crippen LogP contribution in [0.4, 0.5) is 0 Å². The molecule has 0 radical (unpaired) electrons. The third kappa shape index (κ3) is 2.94. The Kier molecular flexibility index (Phi) is 4.93. The average Bonchev–Trinajstić information content (AvgIpc) is 3.10. The molecule has 1 amide bonds. The Morgan fingerprint density at radius 1 is 1.13 bits per heavy atom. The van der Waals surface area contributed by atoms with E-state index in [0.717, 1.165) is 18.1 Å². The maximum Gasteiger partial charge on any atom is 0.222 e. The van der Waals surface area contributed by atoms with Crippen LogP contribution in [0.25, 0.3) is 0 Å². The predicted molar refractivity (Wildman–Crippen MR) is 121 cm³/mol. The smallest absolute Gasteiger partial charge is 0.222 e. The van der Waals surface area contributed by atoms with E-state index in [2.05, 4.69) is 20.8 Å². The zero-order chi connectivity index (χ0) is 21.3. The number of amides is 1. The van der Waals surface area contributed by atoms with Gasteiger partial charge < -0.3 is 9.64 Å². The molecule has 4 heteroatoms. The van der Waals surface area contributed by atoms with E-state index in [-0.39, 0.29) is 23.5 Å². The fraction of sp³-hybridized carbons (Fsp3) is 0.731. The van der Waals surface area contributed by atoms with E-state index < -0.39 is 0 Å². The van der Waals surface area contributed by atoms with Gasteiger partial charge in [-0.1, -0.05) is 44.9 Å². The summed E-state index contributed by atoms with van der Waals surface area (Å²) in [6.45, 7) is 7.42. The summed E-state index contributed by atoms with van der Waals surface area (Å²) < 4.78 is 6.75. The van der Waals surface area contributed by atoms with Gasteiger partial charge in [-0.05, 0) is 84.8 Å². The lowest BCUT2D eigenvalue weighted by atomic mass is 9.44. The van der Waals surface area contributed by atoms with Crippen molar-refractivity contribution in [2.45, 2.75) is 77.9 Å². The van der Waals surface area contributed by atoms with Gasteiger partial charge in [-0.15, -0.1) is 0 Å². The summed E-state index contributed by atoms with van der Waals surface area (Å²) in [6.07, 6.45) is 8.45. The summed E-state index contributed by atoms with van der Waals surface area (Å²) in [5.41, 5.74) is 0.614. The van der Waals surface area contributed by atoms with Gasteiger partial charge in [0.2, 0.25) is 5.91 Å². The van der Waals surface area contributed by atoms with Crippen LogP contribution < -0.4 is 4.74 Å². The van der Waals surface area contributed by atoms with Crippen LogP contribution in [0, 0.1) is 34.5 Å². The van der Waals surface area contributed by atoms with Gasteiger partial charge in [0.25, 0.3) is 0 Å². The van der Waals surface area contributed by atoms with Gasteiger partial charge >= 0.3 is 0 Å². The molecular weight excluding hydrogens is 394 g/mol. The summed E-state index contributed by atoms with van der Waals surface area (Å²) in [5, 5.41) is 0.700. The lowest BCUT2D eigenvalue weighted by Crippen LogP contribution is -2.69. The number of fused-ring (bicyclic) bond motifs is 5. The van der Waals surface area contributed by atoms with Crippen molar-refractivity contribution in [3.63, 3.8) is 0 Å². The van der Waals surface area contributed by atoms with Crippen molar-refractivity contribution in [1.29, 1.82) is 0 Å². The van der Waals surface area contributed by atoms with Crippen molar-refractivity contribution >= 4 is 17.5 Å². The molecule has 0 aromatic heterocycles. The van der Waals surface area contributed by atoms with Crippen LogP contribution in [-0.4, -0.2) is 30.0 Å². The molecule has 1 aromatic rings. The van der Waals surface area contributed by atoms with E-state index in [4.69, 9.17) is 16.3 Å². The number of likely N-dealkylation sites (tertiary alicyclic amines) is 1. The lowest BCUT2D eigenvalue weighted by Gasteiger charge is -2.65. The first-order chi connectivity index (χ1) is 14.2. The van der Waals surface area contributed by atoms with Crippen LogP contribution in [0.5, 0.6) is 5.75 Å². The Hall–Kier alpha value is -1.22. The predicted octanol–water partition coefficient (Wildman–Crippen LogP) is 6.20. The van der Waals surface area contributed by atoms with E-state index >= 15 is 0 Å². The van der Waals surface area contributed by atoms with Crippen LogP contribution in [0.15, 0.2) is 24.3 Å². The number of piperidine rings is 1. The number of likely N-dealkylation sites (N-methyl/N-ethyl adjacent to an activating group) is 1. The van der Waals surface area contributed by atoms with Gasteiger partial charge in [0.15, 0.2) is 0 Å². The maximum atomic E-state index is 12.8. The van der Waals surface area contributed by atoms with E-state index in [1.165, 1.54) is 32.1 Å². The Bertz CT molecular complexity index is 842. The van der Waals surface area contributed by atoms with Gasteiger partial charge in [0, 0.05) is 18.5 Å². The normalized spacial score (nSPS) is 45.5. The van der Waals surface area contributed by atoms with E-state index in [1.54, 1.807) is 0 Å². The minimum atomic E-state index is 0.00640. The molecule has 3 aliphatic carbocycles. The second-order valence-corrected chi connectivity index (χ2v) is 11.7. The molecule has 8 atom stereocenters. The SMILES string of the molecule is CC1C(Oc2cccc(Cl)c2)C2N(C)C(=O)CC[C@]2(C)[C@@H]2CC[C@]3(C)CCC[C@H]3[C@H]12. The van der Waals surface area contributed by atoms with E-state index in [9.17, 15) is 4.79 Å². The second-order valence-electron chi connectivity index (χ2n) is 11.2. The molecule has 1 aromatic carbocycles. The fourth-order valence-electron chi connectivity index (χ4n) is 8.36. The second kappa shape index (κ2) is 7.15. The van der Waals surface area contributed by atoms with Crippen LogP contribution in [0.1, 0.15) is 65.7 Å². The zero-order valence-electron chi connectivity index (χ0n) is 18.9. The third-order valence-electron chi connectivity index (χ3n) is 9.83. The topological polar surface area (TPSA) is 29.5 Å². The minimum absolute atomic E-state index is 0.00640. The Labute approximate surface area is 186 Å². The number of halogens is 1. The van der Waals surface area contributed by atoms with Crippen molar-refractivity contribution in [2.24, 2.45) is 34.5 Å². The number of hydrogen-bond acceptors (Lipinski definition) is 2. The summed E-state index contributed by atoms with van der Waals surface area (Å²) in [6, 6.07) is 7.90. The zero-order valence-corrected chi connectivity index (χ0v) is 19.6. The molecule has 3 nitrogen and oxygen atoms in total. The van der Waals surface area contributed by atoms with Crippen molar-refractivity contribution in [1.82, 2.24) is 4.90 Å². The van der Waals surface area contributed by atoms with Crippen molar-refractivity contribution in [3.05, 3.63) is 29.3 Å². The van der Waals surface area contributed by atoms with Gasteiger partial charge in [0.1, 0.15) is 11.9 Å². The average molecular weight is 430 g/mol. The van der Waals surface area contributed by atoms with Crippen molar-refractivity contribution in [2.75, 3.05) is 7.05 Å². The molecule has 164 valence electrons. The highest BCUT2D eigenvalue weighted by Gasteiger charge is 2.64. The van der Waals surface area contributed by atoms with E-state index in [1.807, 2.05) is 36.2 Å². The molecule has 30 heavy (non-hydrogen) atoms. The monoisotopic (exact) mass is 429 g/mol. The first-order valence-electron chi connectivity index (χ1n) is 11.9. The number of carbonyl (C=O) groups excluding carboxylic acids is 1. The van der Waals surface area contributed by atoms with Crippen LogP contribution in [0.3, 0.4) is 0 Å². The molecule has 5 rings (SSSR count). The number of hydrogen-bond donors (Lipinski definition) is 0. The first kappa shape index (κ1) is 20.7. The van der Waals surface area contributed by atoms with Gasteiger partial charge in [-0.2, -0.15) is 0 Å². The highest BCUT2D eigenvalue weighted by molar-refractivity contribution is 6.30. The van der Waals surface area contributed by atoms with Crippen molar-refractivity contribution < 1.29 is 9.53 Å². The molecule has 3 unspecified atom stereocenters. The largest absolute Gasteiger partial charge is 0.488 e. The van der Waals surface area contributed by atoms with Gasteiger partial charge in [-0.25, -0.2) is 0 Å². The van der Waals surface area contributed by atoms with Crippen molar-refractivity contribution in [3.8, 4) is 5.75 Å². The summed E-state index contributed by atoms with van der Waals surface area (Å²) in [7, 11) is 2.01. The highest BCUT2D eigenvalue weighted by atomic mass is 35.5. The summed E-state index contributed by atoms with van der Waals surface area (Å²) in [5.74, 6) is 3.67. The lowest BCUT2D eigenvalue weighted by molar-refractivity contribution is -0.191. The number of benzene rings is 1. The van der Waals surface area contributed by atoms with Gasteiger partial charge in [0.05, 0.1) is 6.04 Å². The molecule has 1 saturated heterocycles. The number of nitrogens with zero attached hydrogens (tertiary/aromatic N) is 1. The Balaban J connectivity index is 1.58. The number of carbonyl (C=O) groups is 1. The molecular formula is C26H36ClNO2. The molecule has 4 aliphatic rings. The molecule has 1 heterocycles. The number of rotatable bonds is 2. The maximum absolute atomic E-state index is 12.8. The van der Waals surface area contributed by atoms with Gasteiger partial charge in [-0.3, -0.25) is 4.79 Å². The minimum Gasteiger partial charge on any atom is -0.488 e. The summed E-state index contributed by atoms with van der Waals surface area (Å²) >= 11 is 6.27. The van der Waals surface area contributed by atoms with E-state index in [0.29, 0.717) is 34.6 Å². The Morgan fingerprint density at radius 2 is 1.93 bits per heavy atom. The third-order valence-corrected chi connectivity index (χ3v) is 10.1. The standard InChI is InChI=1S/C26H36ClNO2/c1-16-22-19-9-6-12-25(19,2)13-10-20(22)26(3)14-11-21(29)28(4)24(26)23(16)30-18-8-5-7-17(27)15-18/h5,7-8,15-16,19-20,22-24H,6,9-14H2,1-4H3/t16?,19-,20+,22-,23?,24?,25-,26+/m0/s1. The van der Waals surface area contributed by atoms with Crippen LogP contribution in [0.2, 0.25) is 5.02 Å². The molecule has 3 saturated carbocycles. The van der Waals surface area contributed by atoms with Crippen LogP contribution >= 0.6 is 11.6 Å². The molecule has 4 fully saturated rings. The quantitative estimate of drug-likeness (QED) is 0.560. The highest BCUT2D eigenvalue weighted by Crippen LogP contribution is 2.66. The van der Waals surface area contributed by atoms with Crippen LogP contribution in [-0.2, 0) is 4.79 Å². The summed E-state index contributed by atoms with van der Waals surface area (Å²) in [4.78, 5) is 14.8. The molecule has 0 N–H and O–H groups in total. The molecule has 0 bridgehead atoms. The number of ether oxygens (including phenoxy) is 1. The molecule has 1 aliphatic heterocycles. The molecule has 0 spiro atoms.